The number of benzene rings is 4. The molecule has 0 radical (unpaired) electrons. The molecule has 4 aromatic rings. The van der Waals surface area contributed by atoms with Gasteiger partial charge >= 0.3 is 21.1 Å². The van der Waals surface area contributed by atoms with Crippen molar-refractivity contribution in [3.8, 4) is 11.5 Å². The van der Waals surface area contributed by atoms with Gasteiger partial charge in [-0.05, 0) is 59.4 Å². The Balaban J connectivity index is 0.00000384. The van der Waals surface area contributed by atoms with Gasteiger partial charge < -0.3 is 29.8 Å². The first-order valence-corrected chi connectivity index (χ1v) is 14.3. The van der Waals surface area contributed by atoms with Gasteiger partial charge in [-0.3, -0.25) is 0 Å². The van der Waals surface area contributed by atoms with Gasteiger partial charge in [0.1, 0.15) is 23.1 Å². The van der Waals surface area contributed by atoms with Crippen LogP contribution < -0.4 is 19.6 Å². The summed E-state index contributed by atoms with van der Waals surface area (Å²) in [5.74, 6) is -0.794. The third-order valence-corrected chi connectivity index (χ3v) is 7.96. The van der Waals surface area contributed by atoms with Gasteiger partial charge in [0.25, 0.3) is 0 Å². The molecule has 0 unspecified atom stereocenters. The summed E-state index contributed by atoms with van der Waals surface area (Å²) in [7, 11) is 0. The molecule has 6 nitrogen and oxygen atoms in total. The number of nitrogens with zero attached hydrogens (tertiary/aromatic N) is 4. The van der Waals surface area contributed by atoms with E-state index in [0.717, 1.165) is 22.7 Å². The molecule has 2 aliphatic heterocycles. The smallest absolute Gasteiger partial charge is 0.506 e. The maximum atomic E-state index is 14.9. The van der Waals surface area contributed by atoms with Crippen molar-refractivity contribution in [2.24, 2.45) is 0 Å². The average Bonchev–Trinajstić information content (AvgIpc) is 3.48. The van der Waals surface area contributed by atoms with Crippen molar-refractivity contribution >= 4 is 34.1 Å². The largest absolute Gasteiger partial charge is 2.00 e. The van der Waals surface area contributed by atoms with E-state index in [9.17, 15) is 19.0 Å². The van der Waals surface area contributed by atoms with Gasteiger partial charge in [-0.2, -0.15) is 0 Å². The van der Waals surface area contributed by atoms with Crippen molar-refractivity contribution < 1.29 is 40.1 Å². The Bertz CT molecular complexity index is 1590. The summed E-state index contributed by atoms with van der Waals surface area (Å²) in [6.45, 7) is 15.7. The maximum absolute atomic E-state index is 14.9. The van der Waals surface area contributed by atoms with Crippen molar-refractivity contribution in [3.05, 3.63) is 109 Å². The first-order valence-electron chi connectivity index (χ1n) is 14.3. The summed E-state index contributed by atoms with van der Waals surface area (Å²) in [5, 5.41) is 22.6. The zero-order chi connectivity index (χ0) is 30.8. The minimum atomic E-state index is -0.465. The maximum Gasteiger partial charge on any atom is 2.00 e. The molecule has 2 heterocycles. The van der Waals surface area contributed by atoms with Gasteiger partial charge in [-0.25, -0.2) is 8.78 Å². The second kappa shape index (κ2) is 11.3. The summed E-state index contributed by atoms with van der Waals surface area (Å²) < 4.78 is 29.8. The van der Waals surface area contributed by atoms with Gasteiger partial charge in [0.2, 0.25) is 0 Å². The van der Waals surface area contributed by atoms with E-state index in [2.05, 4.69) is 0 Å². The molecule has 0 spiro atoms. The number of aromatic hydroxyl groups is 2. The number of anilines is 6. The van der Waals surface area contributed by atoms with Crippen LogP contribution in [0.5, 0.6) is 11.5 Å². The monoisotopic (exact) mass is 777 g/mol. The Morgan fingerprint density at radius 1 is 0.568 bits per heavy atom. The number of para-hydroxylation sites is 4. The molecular formula is C35H36F2N4O2Pt. The molecule has 0 bridgehead atoms. The Morgan fingerprint density at radius 2 is 0.909 bits per heavy atom. The van der Waals surface area contributed by atoms with E-state index in [-0.39, 0.29) is 32.6 Å². The van der Waals surface area contributed by atoms with E-state index >= 15 is 0 Å². The molecule has 0 aromatic heterocycles. The van der Waals surface area contributed by atoms with Crippen molar-refractivity contribution in [2.75, 3.05) is 26.3 Å². The number of rotatable bonds is 4. The summed E-state index contributed by atoms with van der Waals surface area (Å²) in [4.78, 5) is 7.63. The topological polar surface area (TPSA) is 53.4 Å². The molecule has 2 aliphatic rings. The molecular weight excluding hydrogens is 741 g/mol. The molecule has 0 saturated heterocycles. The number of phenolic OH excluding ortho intramolecular Hbond substituents is 2. The molecule has 0 aliphatic carbocycles. The van der Waals surface area contributed by atoms with E-state index in [1.807, 2.05) is 113 Å². The van der Waals surface area contributed by atoms with E-state index in [1.54, 1.807) is 9.80 Å². The second-order valence-corrected chi connectivity index (χ2v) is 13.2. The van der Waals surface area contributed by atoms with Crippen LogP contribution in [0.4, 0.5) is 42.9 Å². The van der Waals surface area contributed by atoms with Crippen LogP contribution in [-0.2, 0) is 31.9 Å². The van der Waals surface area contributed by atoms with Crippen LogP contribution in [0.15, 0.2) is 72.8 Å². The molecule has 0 amide bonds. The van der Waals surface area contributed by atoms with E-state index in [1.165, 1.54) is 24.3 Å². The first kappa shape index (κ1) is 31.6. The van der Waals surface area contributed by atoms with Crippen molar-refractivity contribution in [3.63, 3.8) is 0 Å². The summed E-state index contributed by atoms with van der Waals surface area (Å²) >= 11 is 0. The predicted octanol–water partition coefficient (Wildman–Crippen LogP) is 8.78. The average molecular weight is 778 g/mol. The normalized spacial score (nSPS) is 14.5. The molecule has 2 N–H and O–H groups in total. The Labute approximate surface area is 272 Å². The summed E-state index contributed by atoms with van der Waals surface area (Å²) in [6.07, 6.45) is 0. The molecule has 44 heavy (non-hydrogen) atoms. The molecule has 0 fully saturated rings. The van der Waals surface area contributed by atoms with Crippen LogP contribution >= 0.6 is 0 Å². The van der Waals surface area contributed by atoms with Crippen molar-refractivity contribution in [1.82, 2.24) is 0 Å². The van der Waals surface area contributed by atoms with Crippen LogP contribution in [0.3, 0.4) is 0 Å². The standard InChI is InChI=1S/C35H36F2N4O2.Pt/c1-34(2,3)24-15-22(36)17-30(32(24)42)40-20-38(26-11-7-9-13-28(26)40)19-39-21-41(29-14-10-8-12-27(29)39)31-18-23(37)16-25(33(31)43)35(4,5)6;/h7-18,20-21,42-43H,19H2,1-6H3;/q-2;+2. The third-order valence-electron chi connectivity index (χ3n) is 7.96. The molecule has 232 valence electrons. The van der Waals surface area contributed by atoms with Crippen molar-refractivity contribution in [1.29, 1.82) is 0 Å². The van der Waals surface area contributed by atoms with Crippen LogP contribution in [0.2, 0.25) is 0 Å². The van der Waals surface area contributed by atoms with Gasteiger partial charge in [0.15, 0.2) is 0 Å². The number of hydrogen-bond acceptors (Lipinski definition) is 6. The predicted molar refractivity (Wildman–Crippen MR) is 169 cm³/mol. The molecule has 4 aromatic carbocycles. The third kappa shape index (κ3) is 5.49. The zero-order valence-corrected chi connectivity index (χ0v) is 27.8. The van der Waals surface area contributed by atoms with Crippen LogP contribution in [0.1, 0.15) is 52.7 Å². The number of hydrogen-bond donors (Lipinski definition) is 2. The minimum absolute atomic E-state index is 0. The minimum Gasteiger partial charge on any atom is -0.506 e. The molecule has 9 heteroatoms. The molecule has 6 rings (SSSR count). The quantitative estimate of drug-likeness (QED) is 0.202. The second-order valence-electron chi connectivity index (χ2n) is 13.2. The van der Waals surface area contributed by atoms with E-state index < -0.39 is 22.5 Å². The van der Waals surface area contributed by atoms with E-state index in [4.69, 9.17) is 0 Å². The Hall–Kier alpha value is -3.77. The first-order chi connectivity index (χ1) is 20.2. The molecule has 0 atom stereocenters. The molecule has 0 saturated carbocycles. The summed E-state index contributed by atoms with van der Waals surface area (Å²) in [5.41, 5.74) is 4.16. The Morgan fingerprint density at radius 3 is 1.25 bits per heavy atom. The SMILES string of the molecule is CC(C)(C)c1cc(F)cc(N2[CH-]N(CN3[CH-]N(c4cc(F)cc(C(C)(C)C)c4O)c4ccccc43)c3ccccc32)c1O.[Pt+2]. The fourth-order valence-corrected chi connectivity index (χ4v) is 5.80. The number of phenols is 2. The van der Waals surface area contributed by atoms with Crippen molar-refractivity contribution in [2.45, 2.75) is 52.4 Å². The van der Waals surface area contributed by atoms with Crippen LogP contribution in [0.25, 0.3) is 0 Å². The van der Waals surface area contributed by atoms with Crippen LogP contribution in [-0.4, -0.2) is 16.9 Å². The fourth-order valence-electron chi connectivity index (χ4n) is 5.80. The van der Waals surface area contributed by atoms with E-state index in [0.29, 0.717) is 29.2 Å². The zero-order valence-electron chi connectivity index (χ0n) is 25.5. The Kier molecular flexibility index (Phi) is 8.13. The van der Waals surface area contributed by atoms with Crippen LogP contribution in [0, 0.1) is 25.0 Å². The van der Waals surface area contributed by atoms with Gasteiger partial charge in [0, 0.05) is 40.5 Å². The summed E-state index contributed by atoms with van der Waals surface area (Å²) in [6, 6.07) is 20.9. The van der Waals surface area contributed by atoms with Gasteiger partial charge in [-0.1, -0.05) is 65.8 Å². The fraction of sp³-hybridized carbons (Fsp3) is 0.257. The number of fused-ring (bicyclic) bond motifs is 2. The van der Waals surface area contributed by atoms with Gasteiger partial charge in [0.05, 0.1) is 11.4 Å². The van der Waals surface area contributed by atoms with Gasteiger partial charge in [-0.15, -0.1) is 13.3 Å². The number of halogens is 2.